The third-order valence-electron chi connectivity index (χ3n) is 3.81. The first kappa shape index (κ1) is 20.6. The molecule has 7 heteroatoms. The Balaban J connectivity index is 1.98. The molecule has 0 saturated heterocycles. The molecule has 0 spiro atoms. The monoisotopic (exact) mass is 391 g/mol. The topological polar surface area (TPSA) is 84.9 Å². The van der Waals surface area contributed by atoms with E-state index in [1.165, 1.54) is 0 Å². The molecule has 2 rings (SSSR count). The largest absolute Gasteiger partial charge is 0.482 e. The highest BCUT2D eigenvalue weighted by Gasteiger charge is 2.31. The van der Waals surface area contributed by atoms with Gasteiger partial charge >= 0.3 is 5.97 Å². The van der Waals surface area contributed by atoms with E-state index in [0.717, 1.165) is 5.56 Å². The minimum absolute atomic E-state index is 0.270. The van der Waals surface area contributed by atoms with Crippen LogP contribution in [0.3, 0.4) is 0 Å². The highest BCUT2D eigenvalue weighted by molar-refractivity contribution is 6.30. The second-order valence-corrected chi connectivity index (χ2v) is 6.95. The maximum atomic E-state index is 12.6. The zero-order valence-corrected chi connectivity index (χ0v) is 16.1. The summed E-state index contributed by atoms with van der Waals surface area (Å²) in [6.45, 7) is 4.80. The first-order valence-corrected chi connectivity index (χ1v) is 8.75. The van der Waals surface area contributed by atoms with Gasteiger partial charge in [0.1, 0.15) is 11.5 Å². The lowest BCUT2D eigenvalue weighted by Gasteiger charge is -2.27. The second-order valence-electron chi connectivity index (χ2n) is 6.52. The van der Waals surface area contributed by atoms with Gasteiger partial charge < -0.3 is 19.9 Å². The molecule has 0 aromatic heterocycles. The Morgan fingerprint density at radius 1 is 1.15 bits per heavy atom. The number of carboxylic acid groups (broad SMARTS) is 1. The third kappa shape index (κ3) is 6.18. The van der Waals surface area contributed by atoms with Crippen molar-refractivity contribution < 1.29 is 24.2 Å². The Labute approximate surface area is 163 Å². The molecule has 144 valence electrons. The predicted molar refractivity (Wildman–Crippen MR) is 102 cm³/mol. The quantitative estimate of drug-likeness (QED) is 0.714. The number of carboxylic acids is 1. The van der Waals surface area contributed by atoms with Gasteiger partial charge in [0.2, 0.25) is 0 Å². The van der Waals surface area contributed by atoms with Crippen LogP contribution in [-0.4, -0.2) is 29.2 Å². The summed E-state index contributed by atoms with van der Waals surface area (Å²) in [5.41, 5.74) is -0.242. The van der Waals surface area contributed by atoms with Gasteiger partial charge in [-0.15, -0.1) is 0 Å². The molecule has 0 saturated carbocycles. The molecule has 1 amide bonds. The predicted octanol–water partition coefficient (Wildman–Crippen LogP) is 3.84. The SMILES string of the molecule is CC(NC(=O)C(C)(C)Oc1cccc(Cl)c1)c1ccc(OCC(=O)O)cc1. The highest BCUT2D eigenvalue weighted by Crippen LogP contribution is 2.23. The van der Waals surface area contributed by atoms with E-state index < -0.39 is 18.2 Å². The summed E-state index contributed by atoms with van der Waals surface area (Å²) in [6, 6.07) is 13.5. The van der Waals surface area contributed by atoms with E-state index in [9.17, 15) is 9.59 Å². The summed E-state index contributed by atoms with van der Waals surface area (Å²) in [5.74, 6) is -0.359. The number of amides is 1. The standard InChI is InChI=1S/C20H22ClNO5/c1-13(14-7-9-16(10-8-14)26-12-18(23)24)22-19(25)20(2,3)27-17-6-4-5-15(21)11-17/h4-11,13H,12H2,1-3H3,(H,22,25)(H,23,24). The summed E-state index contributed by atoms with van der Waals surface area (Å²) in [7, 11) is 0. The average Bonchev–Trinajstić information content (AvgIpc) is 2.60. The first-order valence-electron chi connectivity index (χ1n) is 8.37. The number of hydrogen-bond acceptors (Lipinski definition) is 4. The van der Waals surface area contributed by atoms with Crippen LogP contribution in [0.4, 0.5) is 0 Å². The van der Waals surface area contributed by atoms with Gasteiger partial charge in [0, 0.05) is 5.02 Å². The molecule has 27 heavy (non-hydrogen) atoms. The number of hydrogen-bond donors (Lipinski definition) is 2. The molecule has 2 N–H and O–H groups in total. The van der Waals surface area contributed by atoms with Gasteiger partial charge in [-0.2, -0.15) is 0 Å². The van der Waals surface area contributed by atoms with E-state index in [-0.39, 0.29) is 11.9 Å². The van der Waals surface area contributed by atoms with Gasteiger partial charge in [0.25, 0.3) is 5.91 Å². The van der Waals surface area contributed by atoms with Crippen molar-refractivity contribution >= 4 is 23.5 Å². The smallest absolute Gasteiger partial charge is 0.341 e. The number of ether oxygens (including phenoxy) is 2. The summed E-state index contributed by atoms with van der Waals surface area (Å²) in [4.78, 5) is 23.1. The molecule has 0 aliphatic rings. The van der Waals surface area contributed by atoms with Crippen molar-refractivity contribution in [2.45, 2.75) is 32.4 Å². The van der Waals surface area contributed by atoms with E-state index in [1.54, 1.807) is 62.4 Å². The minimum Gasteiger partial charge on any atom is -0.482 e. The van der Waals surface area contributed by atoms with Crippen molar-refractivity contribution in [3.63, 3.8) is 0 Å². The van der Waals surface area contributed by atoms with Crippen LogP contribution in [0.25, 0.3) is 0 Å². The maximum absolute atomic E-state index is 12.6. The van der Waals surface area contributed by atoms with E-state index >= 15 is 0 Å². The lowest BCUT2D eigenvalue weighted by atomic mass is 10.0. The highest BCUT2D eigenvalue weighted by atomic mass is 35.5. The normalized spacial score (nSPS) is 12.1. The third-order valence-corrected chi connectivity index (χ3v) is 4.04. The van der Waals surface area contributed by atoms with Gasteiger partial charge in [-0.3, -0.25) is 4.79 Å². The van der Waals surface area contributed by atoms with Crippen molar-refractivity contribution in [3.8, 4) is 11.5 Å². The first-order chi connectivity index (χ1) is 12.7. The van der Waals surface area contributed by atoms with Crippen molar-refractivity contribution in [2.75, 3.05) is 6.61 Å². The van der Waals surface area contributed by atoms with E-state index in [1.807, 2.05) is 6.92 Å². The van der Waals surface area contributed by atoms with Crippen LogP contribution in [0.5, 0.6) is 11.5 Å². The molecule has 0 radical (unpaired) electrons. The Hall–Kier alpha value is -2.73. The summed E-state index contributed by atoms with van der Waals surface area (Å²) >= 11 is 5.95. The van der Waals surface area contributed by atoms with Crippen LogP contribution in [-0.2, 0) is 9.59 Å². The van der Waals surface area contributed by atoms with E-state index in [0.29, 0.717) is 16.5 Å². The summed E-state index contributed by atoms with van der Waals surface area (Å²) in [5, 5.41) is 12.1. The van der Waals surface area contributed by atoms with E-state index in [2.05, 4.69) is 5.32 Å². The molecule has 0 aliphatic heterocycles. The fourth-order valence-corrected chi connectivity index (χ4v) is 2.50. The Bertz CT molecular complexity index is 804. The van der Waals surface area contributed by atoms with Gasteiger partial charge in [0.05, 0.1) is 6.04 Å². The lowest BCUT2D eigenvalue weighted by Crippen LogP contribution is -2.47. The zero-order chi connectivity index (χ0) is 20.0. The van der Waals surface area contributed by atoms with Gasteiger partial charge in [-0.25, -0.2) is 4.79 Å². The number of rotatable bonds is 8. The maximum Gasteiger partial charge on any atom is 0.341 e. The van der Waals surface area contributed by atoms with Crippen LogP contribution in [0.15, 0.2) is 48.5 Å². The number of aliphatic carboxylic acids is 1. The van der Waals surface area contributed by atoms with Crippen molar-refractivity contribution in [1.29, 1.82) is 0 Å². The van der Waals surface area contributed by atoms with Crippen LogP contribution >= 0.6 is 11.6 Å². The molecule has 0 heterocycles. The van der Waals surface area contributed by atoms with Crippen LogP contribution in [0, 0.1) is 0 Å². The number of carbonyl (C=O) groups excluding carboxylic acids is 1. The molecule has 0 fully saturated rings. The van der Waals surface area contributed by atoms with Crippen LogP contribution < -0.4 is 14.8 Å². The van der Waals surface area contributed by atoms with Crippen molar-refractivity contribution in [3.05, 3.63) is 59.1 Å². The lowest BCUT2D eigenvalue weighted by molar-refractivity contribution is -0.139. The zero-order valence-electron chi connectivity index (χ0n) is 15.4. The Morgan fingerprint density at radius 3 is 2.41 bits per heavy atom. The molecule has 0 aliphatic carbocycles. The molecule has 1 atom stereocenters. The molecule has 0 bridgehead atoms. The fraction of sp³-hybridized carbons (Fsp3) is 0.300. The van der Waals surface area contributed by atoms with Crippen LogP contribution in [0.1, 0.15) is 32.4 Å². The molecule has 6 nitrogen and oxygen atoms in total. The van der Waals surface area contributed by atoms with Gasteiger partial charge in [-0.1, -0.05) is 29.8 Å². The minimum atomic E-state index is -1.09. The van der Waals surface area contributed by atoms with E-state index in [4.69, 9.17) is 26.2 Å². The number of benzene rings is 2. The second kappa shape index (κ2) is 8.77. The fourth-order valence-electron chi connectivity index (χ4n) is 2.32. The molecular weight excluding hydrogens is 370 g/mol. The average molecular weight is 392 g/mol. The molecular formula is C20H22ClNO5. The van der Waals surface area contributed by atoms with Gasteiger partial charge in [-0.05, 0) is 56.7 Å². The van der Waals surface area contributed by atoms with Crippen molar-refractivity contribution in [1.82, 2.24) is 5.32 Å². The van der Waals surface area contributed by atoms with Crippen molar-refractivity contribution in [2.24, 2.45) is 0 Å². The Morgan fingerprint density at radius 2 is 1.81 bits per heavy atom. The molecule has 2 aromatic rings. The van der Waals surface area contributed by atoms with Gasteiger partial charge in [0.15, 0.2) is 12.2 Å². The Kier molecular flexibility index (Phi) is 6.69. The molecule has 2 aromatic carbocycles. The number of nitrogens with one attached hydrogen (secondary N) is 1. The van der Waals surface area contributed by atoms with Crippen LogP contribution in [0.2, 0.25) is 5.02 Å². The number of carbonyl (C=O) groups is 2. The molecule has 1 unspecified atom stereocenters. The number of halogens is 1. The summed E-state index contributed by atoms with van der Waals surface area (Å²) in [6.07, 6.45) is 0. The summed E-state index contributed by atoms with van der Waals surface area (Å²) < 4.78 is 10.9.